The molecule has 0 atom stereocenters. The number of thiol groups is 2. The third-order valence-electron chi connectivity index (χ3n) is 1.03. The maximum absolute atomic E-state index is 4.18. The molecule has 0 bridgehead atoms. The fourth-order valence-corrected chi connectivity index (χ4v) is 3.02. The molecular formula is C6H8S2Se. The summed E-state index contributed by atoms with van der Waals surface area (Å²) in [4.78, 5) is 0. The molecule has 0 aliphatic carbocycles. The second kappa shape index (κ2) is 3.77. The molecule has 0 aliphatic rings. The van der Waals surface area contributed by atoms with E-state index in [0.29, 0.717) is 14.5 Å². The first-order valence-electron chi connectivity index (χ1n) is 2.66. The summed E-state index contributed by atoms with van der Waals surface area (Å²) in [5, 5.41) is 0. The fourth-order valence-electron chi connectivity index (χ4n) is 0.592. The molecule has 0 saturated carbocycles. The van der Waals surface area contributed by atoms with Crippen LogP contribution in [0.25, 0.3) is 0 Å². The van der Waals surface area contributed by atoms with Crippen LogP contribution < -0.4 is 0 Å². The normalized spacial score (nSPS) is 10.0. The molecule has 50 valence electrons. The van der Waals surface area contributed by atoms with E-state index in [4.69, 9.17) is 0 Å². The van der Waals surface area contributed by atoms with Crippen molar-refractivity contribution in [2.24, 2.45) is 0 Å². The summed E-state index contributed by atoms with van der Waals surface area (Å²) in [7, 11) is 0. The van der Waals surface area contributed by atoms with Gasteiger partial charge in [0.2, 0.25) is 0 Å². The van der Waals surface area contributed by atoms with Crippen molar-refractivity contribution in [3.63, 3.8) is 0 Å². The summed E-state index contributed by atoms with van der Waals surface area (Å²) in [6.07, 6.45) is 0. The molecule has 0 spiro atoms. The van der Waals surface area contributed by atoms with Gasteiger partial charge < -0.3 is 0 Å². The molecule has 0 N–H and O–H groups in total. The van der Waals surface area contributed by atoms with Crippen LogP contribution in [0.4, 0.5) is 0 Å². The third kappa shape index (κ3) is 2.08. The van der Waals surface area contributed by atoms with Gasteiger partial charge >= 0.3 is 72.3 Å². The third-order valence-corrected chi connectivity index (χ3v) is 4.95. The first kappa shape index (κ1) is 7.80. The maximum atomic E-state index is 4.18. The zero-order valence-corrected chi connectivity index (χ0v) is 8.37. The number of hydrogen-bond donors (Lipinski definition) is 2. The average molecular weight is 223 g/mol. The van der Waals surface area contributed by atoms with Crippen molar-refractivity contribution in [3.8, 4) is 0 Å². The van der Waals surface area contributed by atoms with Gasteiger partial charge in [-0.1, -0.05) is 0 Å². The second-order valence-corrected chi connectivity index (χ2v) is 4.95. The Kier molecular flexibility index (Phi) is 3.27. The van der Waals surface area contributed by atoms with E-state index in [1.165, 1.54) is 8.87 Å². The van der Waals surface area contributed by atoms with Crippen LogP contribution in [-0.4, -0.2) is 14.5 Å². The van der Waals surface area contributed by atoms with E-state index >= 15 is 0 Å². The van der Waals surface area contributed by atoms with Gasteiger partial charge in [-0.25, -0.2) is 0 Å². The van der Waals surface area contributed by atoms with Crippen LogP contribution in [0.1, 0.15) is 8.87 Å². The van der Waals surface area contributed by atoms with Crippen molar-refractivity contribution in [1.82, 2.24) is 0 Å². The van der Waals surface area contributed by atoms with Gasteiger partial charge in [-0.2, -0.15) is 0 Å². The Morgan fingerprint density at radius 2 is 1.56 bits per heavy atom. The SMILES string of the molecule is SCc1ccc(CS)[se]1. The molecule has 0 aliphatic heterocycles. The van der Waals surface area contributed by atoms with Crippen LogP contribution in [0.3, 0.4) is 0 Å². The van der Waals surface area contributed by atoms with E-state index in [0.717, 1.165) is 11.5 Å². The van der Waals surface area contributed by atoms with E-state index in [9.17, 15) is 0 Å². The van der Waals surface area contributed by atoms with E-state index in [1.54, 1.807) is 0 Å². The van der Waals surface area contributed by atoms with Crippen LogP contribution >= 0.6 is 25.3 Å². The summed E-state index contributed by atoms with van der Waals surface area (Å²) in [6, 6.07) is 4.33. The zero-order chi connectivity index (χ0) is 6.69. The first-order valence-corrected chi connectivity index (χ1v) is 5.64. The molecule has 0 radical (unpaired) electrons. The standard InChI is InChI=1S/C6H8S2Se/c7-3-5-1-2-6(4-8)9-5/h1-2,7-8H,3-4H2. The summed E-state index contributed by atoms with van der Waals surface area (Å²) < 4.78 is 2.93. The van der Waals surface area contributed by atoms with Crippen molar-refractivity contribution >= 4 is 39.8 Å². The quantitative estimate of drug-likeness (QED) is 0.552. The molecule has 0 fully saturated rings. The average Bonchev–Trinajstić information content (AvgIpc) is 2.34. The molecule has 0 aromatic carbocycles. The predicted molar refractivity (Wildman–Crippen MR) is 48.8 cm³/mol. The van der Waals surface area contributed by atoms with Gasteiger partial charge in [0.1, 0.15) is 0 Å². The van der Waals surface area contributed by atoms with E-state index in [-0.39, 0.29) is 0 Å². The minimum atomic E-state index is 0.573. The molecule has 1 heterocycles. The Morgan fingerprint density at radius 1 is 1.11 bits per heavy atom. The van der Waals surface area contributed by atoms with Gasteiger partial charge in [0.15, 0.2) is 0 Å². The number of rotatable bonds is 2. The van der Waals surface area contributed by atoms with Crippen LogP contribution in [0, 0.1) is 0 Å². The predicted octanol–water partition coefficient (Wildman–Crippen LogP) is 1.60. The minimum absolute atomic E-state index is 0.573. The van der Waals surface area contributed by atoms with Crippen LogP contribution in [0.5, 0.6) is 0 Å². The monoisotopic (exact) mass is 224 g/mol. The van der Waals surface area contributed by atoms with Crippen molar-refractivity contribution in [3.05, 3.63) is 21.0 Å². The molecule has 1 aromatic rings. The molecule has 0 unspecified atom stereocenters. The van der Waals surface area contributed by atoms with Crippen molar-refractivity contribution in [1.29, 1.82) is 0 Å². The second-order valence-electron chi connectivity index (χ2n) is 1.68. The summed E-state index contributed by atoms with van der Waals surface area (Å²) in [5.74, 6) is 1.82. The summed E-state index contributed by atoms with van der Waals surface area (Å²) in [6.45, 7) is 0. The van der Waals surface area contributed by atoms with Crippen LogP contribution in [0.15, 0.2) is 12.1 Å². The molecule has 9 heavy (non-hydrogen) atoms. The molecule has 1 aromatic heterocycles. The molecular weight excluding hydrogens is 215 g/mol. The summed E-state index contributed by atoms with van der Waals surface area (Å²) >= 11 is 8.94. The van der Waals surface area contributed by atoms with E-state index < -0.39 is 0 Å². The van der Waals surface area contributed by atoms with Crippen LogP contribution in [-0.2, 0) is 11.5 Å². The zero-order valence-electron chi connectivity index (χ0n) is 4.87. The molecule has 0 nitrogen and oxygen atoms in total. The van der Waals surface area contributed by atoms with Crippen molar-refractivity contribution in [2.45, 2.75) is 11.5 Å². The van der Waals surface area contributed by atoms with Crippen molar-refractivity contribution in [2.75, 3.05) is 0 Å². The fraction of sp³-hybridized carbons (Fsp3) is 0.333. The topological polar surface area (TPSA) is 0 Å². The molecule has 0 amide bonds. The Morgan fingerprint density at radius 3 is 1.78 bits per heavy atom. The molecule has 1 rings (SSSR count). The summed E-state index contributed by atoms with van der Waals surface area (Å²) in [5.41, 5.74) is 0. The molecule has 3 heteroatoms. The van der Waals surface area contributed by atoms with Gasteiger partial charge in [0.25, 0.3) is 0 Å². The number of hydrogen-bond acceptors (Lipinski definition) is 2. The Labute approximate surface area is 72.2 Å². The van der Waals surface area contributed by atoms with Gasteiger partial charge in [0, 0.05) is 0 Å². The van der Waals surface area contributed by atoms with E-state index in [1.807, 2.05) is 0 Å². The Bertz CT molecular complexity index is 164. The van der Waals surface area contributed by atoms with Gasteiger partial charge in [-0.3, -0.25) is 0 Å². The van der Waals surface area contributed by atoms with Gasteiger partial charge in [-0.15, -0.1) is 0 Å². The van der Waals surface area contributed by atoms with Crippen molar-refractivity contribution < 1.29 is 0 Å². The van der Waals surface area contributed by atoms with Gasteiger partial charge in [-0.05, 0) is 0 Å². The van der Waals surface area contributed by atoms with Crippen LogP contribution in [0.2, 0.25) is 0 Å². The first-order chi connectivity index (χ1) is 4.36. The molecule has 0 saturated heterocycles. The Balaban J connectivity index is 2.74. The van der Waals surface area contributed by atoms with E-state index in [2.05, 4.69) is 37.4 Å². The van der Waals surface area contributed by atoms with Gasteiger partial charge in [0.05, 0.1) is 0 Å². The Hall–Kier alpha value is 0.699.